The van der Waals surface area contributed by atoms with Crippen molar-refractivity contribution in [2.75, 3.05) is 50.6 Å². The van der Waals surface area contributed by atoms with Crippen LogP contribution >= 0.6 is 15.9 Å². The van der Waals surface area contributed by atoms with Crippen LogP contribution < -0.4 is 10.2 Å². The van der Waals surface area contributed by atoms with Gasteiger partial charge in [-0.05, 0) is 46.1 Å². The van der Waals surface area contributed by atoms with Crippen molar-refractivity contribution in [3.8, 4) is 0 Å². The van der Waals surface area contributed by atoms with Gasteiger partial charge in [-0.15, -0.1) is 0 Å². The fraction of sp³-hybridized carbons (Fsp3) is 0.500. The largest absolute Gasteiger partial charge is 0.450 e. The highest BCUT2D eigenvalue weighted by molar-refractivity contribution is 9.10. The van der Waals surface area contributed by atoms with E-state index in [4.69, 9.17) is 9.47 Å². The summed E-state index contributed by atoms with van der Waals surface area (Å²) in [7, 11) is 3.84. The van der Waals surface area contributed by atoms with E-state index in [9.17, 15) is 9.59 Å². The van der Waals surface area contributed by atoms with Gasteiger partial charge in [-0.2, -0.15) is 0 Å². The van der Waals surface area contributed by atoms with Crippen molar-refractivity contribution in [3.05, 3.63) is 22.7 Å². The summed E-state index contributed by atoms with van der Waals surface area (Å²) in [5.74, 6) is 0. The molecule has 0 aliphatic heterocycles. The lowest BCUT2D eigenvalue weighted by molar-refractivity contribution is 0.159. The van der Waals surface area contributed by atoms with Crippen molar-refractivity contribution in [1.29, 1.82) is 0 Å². The molecule has 0 bridgehead atoms. The minimum atomic E-state index is -0.576. The summed E-state index contributed by atoms with van der Waals surface area (Å²) in [6.07, 6.45) is -1.04. The van der Waals surface area contributed by atoms with Crippen LogP contribution in [-0.2, 0) is 9.47 Å². The van der Waals surface area contributed by atoms with Gasteiger partial charge in [0.2, 0.25) is 0 Å². The lowest BCUT2D eigenvalue weighted by Crippen LogP contribution is -2.37. The summed E-state index contributed by atoms with van der Waals surface area (Å²) in [5.41, 5.74) is 1.01. The highest BCUT2D eigenvalue weighted by Crippen LogP contribution is 2.30. The monoisotopic (exact) mass is 401 g/mol. The van der Waals surface area contributed by atoms with E-state index in [-0.39, 0.29) is 13.2 Å². The molecule has 0 heterocycles. The fourth-order valence-corrected chi connectivity index (χ4v) is 2.29. The summed E-state index contributed by atoms with van der Waals surface area (Å²) in [5, 5.41) is 2.66. The van der Waals surface area contributed by atoms with Gasteiger partial charge < -0.3 is 14.4 Å². The Morgan fingerprint density at radius 3 is 2.38 bits per heavy atom. The Labute approximate surface area is 151 Å². The fourth-order valence-electron chi connectivity index (χ4n) is 1.93. The standard InChI is InChI=1S/C16H24BrN3O4/c1-5-23-15(21)18-13-11-12(17)7-8-14(13)20(10-9-19(3)4)16(22)24-6-2/h7-8,11H,5-6,9-10H2,1-4H3,(H,18,21). The molecule has 1 rings (SSSR count). The first kappa shape index (κ1) is 20.2. The molecule has 24 heavy (non-hydrogen) atoms. The molecule has 1 N–H and O–H groups in total. The van der Waals surface area contributed by atoms with Crippen LogP contribution in [-0.4, -0.2) is 57.5 Å². The smallest absolute Gasteiger partial charge is 0.414 e. The number of rotatable bonds is 7. The number of likely N-dealkylation sites (N-methyl/N-ethyl adjacent to an activating group) is 1. The number of anilines is 2. The van der Waals surface area contributed by atoms with Crippen molar-refractivity contribution in [2.45, 2.75) is 13.8 Å². The molecular formula is C16H24BrN3O4. The Kier molecular flexibility index (Phi) is 8.56. The van der Waals surface area contributed by atoms with Crippen LogP contribution in [0.1, 0.15) is 13.8 Å². The maximum atomic E-state index is 12.3. The number of ether oxygens (including phenoxy) is 2. The molecule has 7 nitrogen and oxygen atoms in total. The summed E-state index contributed by atoms with van der Waals surface area (Å²) < 4.78 is 10.8. The number of hydrogen-bond donors (Lipinski definition) is 1. The summed E-state index contributed by atoms with van der Waals surface area (Å²) >= 11 is 3.37. The van der Waals surface area contributed by atoms with E-state index >= 15 is 0 Å². The molecule has 0 fully saturated rings. The van der Waals surface area contributed by atoms with E-state index in [0.717, 1.165) is 4.47 Å². The number of nitrogens with one attached hydrogen (secondary N) is 1. The Morgan fingerprint density at radius 1 is 1.12 bits per heavy atom. The van der Waals surface area contributed by atoms with Crippen molar-refractivity contribution >= 4 is 39.5 Å². The number of carbonyl (C=O) groups excluding carboxylic acids is 2. The lowest BCUT2D eigenvalue weighted by atomic mass is 10.2. The first-order valence-electron chi connectivity index (χ1n) is 7.71. The van der Waals surface area contributed by atoms with E-state index in [1.165, 1.54) is 4.90 Å². The quantitative estimate of drug-likeness (QED) is 0.756. The Balaban J connectivity index is 3.14. The second kappa shape index (κ2) is 10.1. The third-order valence-corrected chi connectivity index (χ3v) is 3.51. The summed E-state index contributed by atoms with van der Waals surface area (Å²) in [6.45, 7) is 5.08. The van der Waals surface area contributed by atoms with Crippen molar-refractivity contribution in [1.82, 2.24) is 4.90 Å². The molecule has 0 unspecified atom stereocenters. The third-order valence-electron chi connectivity index (χ3n) is 3.02. The molecule has 0 aliphatic carbocycles. The van der Waals surface area contributed by atoms with Gasteiger partial charge in [0.25, 0.3) is 0 Å². The minimum absolute atomic E-state index is 0.261. The molecule has 0 atom stereocenters. The van der Waals surface area contributed by atoms with Gasteiger partial charge in [0.05, 0.1) is 24.6 Å². The zero-order valence-electron chi connectivity index (χ0n) is 14.5. The van der Waals surface area contributed by atoms with Gasteiger partial charge in [-0.3, -0.25) is 10.2 Å². The Hall–Kier alpha value is -1.80. The van der Waals surface area contributed by atoms with Crippen LogP contribution in [0.25, 0.3) is 0 Å². The average molecular weight is 402 g/mol. The molecule has 0 aliphatic rings. The van der Waals surface area contributed by atoms with Gasteiger partial charge in [0.1, 0.15) is 0 Å². The Bertz CT molecular complexity index is 566. The maximum Gasteiger partial charge on any atom is 0.414 e. The molecule has 0 spiro atoms. The highest BCUT2D eigenvalue weighted by atomic mass is 79.9. The van der Waals surface area contributed by atoms with E-state index in [0.29, 0.717) is 24.5 Å². The van der Waals surface area contributed by atoms with Crippen LogP contribution in [0.3, 0.4) is 0 Å². The SMILES string of the molecule is CCOC(=O)Nc1cc(Br)ccc1N(CCN(C)C)C(=O)OCC. The van der Waals surface area contributed by atoms with Gasteiger partial charge in [-0.1, -0.05) is 15.9 Å². The zero-order valence-corrected chi connectivity index (χ0v) is 16.1. The van der Waals surface area contributed by atoms with Gasteiger partial charge in [0.15, 0.2) is 0 Å². The average Bonchev–Trinajstić information content (AvgIpc) is 2.49. The predicted octanol–water partition coefficient (Wildman–Crippen LogP) is 3.54. The second-order valence-electron chi connectivity index (χ2n) is 5.16. The minimum Gasteiger partial charge on any atom is -0.450 e. The van der Waals surface area contributed by atoms with Crippen LogP contribution in [0.4, 0.5) is 21.0 Å². The summed E-state index contributed by atoms with van der Waals surface area (Å²) in [4.78, 5) is 27.6. The molecular weight excluding hydrogens is 378 g/mol. The van der Waals surface area contributed by atoms with E-state index in [2.05, 4.69) is 21.2 Å². The van der Waals surface area contributed by atoms with Crippen molar-refractivity contribution in [3.63, 3.8) is 0 Å². The van der Waals surface area contributed by atoms with Crippen LogP contribution in [0, 0.1) is 0 Å². The summed E-state index contributed by atoms with van der Waals surface area (Å²) in [6, 6.07) is 5.26. The number of carbonyl (C=O) groups is 2. The van der Waals surface area contributed by atoms with Gasteiger partial charge in [-0.25, -0.2) is 9.59 Å². The lowest BCUT2D eigenvalue weighted by Gasteiger charge is -2.26. The topological polar surface area (TPSA) is 71.1 Å². The van der Waals surface area contributed by atoms with E-state index in [1.54, 1.807) is 32.0 Å². The number of benzene rings is 1. The zero-order chi connectivity index (χ0) is 18.1. The molecule has 0 saturated carbocycles. The maximum absolute atomic E-state index is 12.3. The molecule has 2 amide bonds. The van der Waals surface area contributed by atoms with Crippen molar-refractivity contribution < 1.29 is 19.1 Å². The molecule has 1 aromatic rings. The normalized spacial score (nSPS) is 10.4. The first-order valence-corrected chi connectivity index (χ1v) is 8.50. The predicted molar refractivity (Wildman–Crippen MR) is 97.7 cm³/mol. The molecule has 0 radical (unpaired) electrons. The highest BCUT2D eigenvalue weighted by Gasteiger charge is 2.21. The molecule has 0 saturated heterocycles. The first-order chi connectivity index (χ1) is 11.4. The number of nitrogens with zero attached hydrogens (tertiary/aromatic N) is 2. The molecule has 1 aromatic carbocycles. The number of halogens is 1. The van der Waals surface area contributed by atoms with Crippen molar-refractivity contribution in [2.24, 2.45) is 0 Å². The van der Waals surface area contributed by atoms with Gasteiger partial charge >= 0.3 is 12.2 Å². The molecule has 134 valence electrons. The van der Waals surface area contributed by atoms with Crippen LogP contribution in [0.15, 0.2) is 22.7 Å². The molecule has 8 heteroatoms. The van der Waals surface area contributed by atoms with Crippen LogP contribution in [0.2, 0.25) is 0 Å². The molecule has 0 aromatic heterocycles. The van der Waals surface area contributed by atoms with Gasteiger partial charge in [0, 0.05) is 17.6 Å². The third kappa shape index (κ3) is 6.37. The van der Waals surface area contributed by atoms with E-state index in [1.807, 2.05) is 19.0 Å². The van der Waals surface area contributed by atoms with Crippen LogP contribution in [0.5, 0.6) is 0 Å². The number of amides is 2. The second-order valence-corrected chi connectivity index (χ2v) is 6.08. The number of hydrogen-bond acceptors (Lipinski definition) is 5. The van der Waals surface area contributed by atoms with E-state index < -0.39 is 12.2 Å². The Morgan fingerprint density at radius 2 is 1.79 bits per heavy atom.